The van der Waals surface area contributed by atoms with E-state index >= 15 is 0 Å². The summed E-state index contributed by atoms with van der Waals surface area (Å²) in [5, 5.41) is 5.30. The summed E-state index contributed by atoms with van der Waals surface area (Å²) in [6, 6.07) is 10.1. The van der Waals surface area contributed by atoms with Gasteiger partial charge in [0, 0.05) is 50.6 Å². The molecule has 2 fully saturated rings. The van der Waals surface area contributed by atoms with Gasteiger partial charge in [-0.3, -0.25) is 29.1 Å². The molecule has 2 saturated heterocycles. The maximum absolute atomic E-state index is 13.9. The lowest BCUT2D eigenvalue weighted by atomic mass is 9.85. The minimum atomic E-state index is -0.505. The summed E-state index contributed by atoms with van der Waals surface area (Å²) in [5.41, 5.74) is 3.91. The van der Waals surface area contributed by atoms with E-state index in [2.05, 4.69) is 31.0 Å². The predicted octanol–water partition coefficient (Wildman–Crippen LogP) is 3.57. The Hall–Kier alpha value is -4.62. The first-order valence-electron chi connectivity index (χ1n) is 15.5. The molecule has 13 heteroatoms. The third-order valence-corrected chi connectivity index (χ3v) is 10.5. The van der Waals surface area contributed by atoms with Gasteiger partial charge < -0.3 is 4.90 Å². The molecular weight excluding hydrogens is 605 g/mol. The van der Waals surface area contributed by atoms with Gasteiger partial charge in [0.1, 0.15) is 23.0 Å². The summed E-state index contributed by atoms with van der Waals surface area (Å²) >= 11 is 1.57. The molecule has 7 heterocycles. The highest BCUT2D eigenvalue weighted by molar-refractivity contribution is 7.16. The zero-order valence-electron chi connectivity index (χ0n) is 25.4. The summed E-state index contributed by atoms with van der Waals surface area (Å²) in [6.45, 7) is 3.87. The number of benzene rings is 1. The van der Waals surface area contributed by atoms with Crippen molar-refractivity contribution in [3.8, 4) is 10.7 Å². The fourth-order valence-electron chi connectivity index (χ4n) is 6.91. The van der Waals surface area contributed by atoms with Gasteiger partial charge in [-0.15, -0.1) is 11.3 Å². The van der Waals surface area contributed by atoms with Crippen LogP contribution in [-0.4, -0.2) is 91.3 Å². The van der Waals surface area contributed by atoms with Crippen molar-refractivity contribution in [3.63, 3.8) is 0 Å². The Morgan fingerprint density at radius 3 is 2.70 bits per heavy atom. The number of aliphatic imine (C=N–C) groups is 1. The normalized spacial score (nSPS) is 21.3. The minimum Gasteiger partial charge on any atom is -0.338 e. The Balaban J connectivity index is 0.891. The van der Waals surface area contributed by atoms with E-state index in [1.807, 2.05) is 30.3 Å². The molecule has 8 rings (SSSR count). The van der Waals surface area contributed by atoms with E-state index in [9.17, 15) is 14.0 Å². The molecule has 46 heavy (non-hydrogen) atoms. The van der Waals surface area contributed by atoms with Crippen LogP contribution in [0.5, 0.6) is 0 Å². The van der Waals surface area contributed by atoms with Crippen LogP contribution in [0.1, 0.15) is 41.1 Å². The second-order valence-electron chi connectivity index (χ2n) is 12.4. The molecule has 1 aromatic carbocycles. The van der Waals surface area contributed by atoms with Gasteiger partial charge in [-0.1, -0.05) is 12.1 Å². The minimum absolute atomic E-state index is 0.0717. The molecule has 3 aromatic heterocycles. The van der Waals surface area contributed by atoms with E-state index in [1.165, 1.54) is 12.1 Å². The number of carbonyl (C=O) groups is 2. The fraction of sp³-hybridized carbons (Fsp3) is 0.364. The van der Waals surface area contributed by atoms with Crippen LogP contribution in [0.4, 0.5) is 10.2 Å². The number of thiazole rings is 1. The summed E-state index contributed by atoms with van der Waals surface area (Å²) in [4.78, 5) is 52.4. The van der Waals surface area contributed by atoms with Crippen LogP contribution in [0.15, 0.2) is 60.0 Å². The first-order chi connectivity index (χ1) is 22.3. The molecule has 1 atom stereocenters. The van der Waals surface area contributed by atoms with E-state index < -0.39 is 5.41 Å². The Labute approximate surface area is 269 Å². The van der Waals surface area contributed by atoms with Gasteiger partial charge in [-0.25, -0.2) is 19.3 Å². The summed E-state index contributed by atoms with van der Waals surface area (Å²) in [6.07, 6.45) is 7.77. The molecule has 4 aliphatic heterocycles. The molecule has 1 spiro atoms. The van der Waals surface area contributed by atoms with Crippen molar-refractivity contribution < 1.29 is 14.0 Å². The van der Waals surface area contributed by atoms with Crippen LogP contribution in [0, 0.1) is 11.2 Å². The summed E-state index contributed by atoms with van der Waals surface area (Å²) in [5.74, 6) is 1.14. The number of pyridine rings is 1. The number of aromatic nitrogens is 5. The van der Waals surface area contributed by atoms with Crippen molar-refractivity contribution in [1.29, 1.82) is 0 Å². The number of halogens is 1. The number of hydrogen-bond acceptors (Lipinski definition) is 9. The number of nitrogens with zero attached hydrogens (tertiary/aromatic N) is 9. The number of hydrogen-bond donors (Lipinski definition) is 0. The highest BCUT2D eigenvalue weighted by atomic mass is 32.1. The number of rotatable bonds is 6. The van der Waals surface area contributed by atoms with Gasteiger partial charge in [0.25, 0.3) is 0 Å². The van der Waals surface area contributed by atoms with Crippen LogP contribution < -0.4 is 4.90 Å². The first-order valence-corrected chi connectivity index (χ1v) is 16.3. The number of anilines is 1. The smallest absolute Gasteiger partial charge is 0.237 e. The summed E-state index contributed by atoms with van der Waals surface area (Å²) in [7, 11) is 1.84. The predicted molar refractivity (Wildman–Crippen MR) is 172 cm³/mol. The van der Waals surface area contributed by atoms with Crippen molar-refractivity contribution in [1.82, 2.24) is 34.5 Å². The molecule has 0 saturated carbocycles. The van der Waals surface area contributed by atoms with Gasteiger partial charge in [-0.05, 0) is 61.7 Å². The summed E-state index contributed by atoms with van der Waals surface area (Å²) < 4.78 is 15.2. The Morgan fingerprint density at radius 1 is 1.07 bits per heavy atom. The molecule has 0 N–H and O–H groups in total. The Morgan fingerprint density at radius 2 is 1.91 bits per heavy atom. The molecule has 2 amide bonds. The van der Waals surface area contributed by atoms with E-state index in [0.29, 0.717) is 57.5 Å². The van der Waals surface area contributed by atoms with Crippen molar-refractivity contribution in [2.24, 2.45) is 17.5 Å². The SMILES string of the molecule is Cn1cnc(-c2cnc(C3=CCN(C(=O)CN4CC[C@]5(CCN(c6ccc7c(n6)C(c6ccc(F)cc6)=NC7)C5=O)C4)CC3)s2)n1. The van der Waals surface area contributed by atoms with Gasteiger partial charge in [0.15, 0.2) is 5.82 Å². The monoisotopic (exact) mass is 637 g/mol. The first kappa shape index (κ1) is 28.8. The van der Waals surface area contributed by atoms with Crippen LogP contribution in [0.25, 0.3) is 16.3 Å². The molecule has 0 aliphatic carbocycles. The fourth-order valence-corrected chi connectivity index (χ4v) is 7.83. The third kappa shape index (κ3) is 5.13. The Kier molecular flexibility index (Phi) is 7.09. The molecule has 4 aromatic rings. The maximum atomic E-state index is 13.9. The molecular formula is C33H32FN9O2S. The van der Waals surface area contributed by atoms with Crippen LogP contribution in [0.2, 0.25) is 0 Å². The maximum Gasteiger partial charge on any atom is 0.237 e. The molecule has 4 aliphatic rings. The Bertz CT molecular complexity index is 1920. The van der Waals surface area contributed by atoms with Gasteiger partial charge >= 0.3 is 0 Å². The van der Waals surface area contributed by atoms with Crippen molar-refractivity contribution in [2.75, 3.05) is 44.2 Å². The number of carbonyl (C=O) groups excluding carboxylic acids is 2. The lowest BCUT2D eigenvalue weighted by Gasteiger charge is -2.28. The van der Waals surface area contributed by atoms with Crippen molar-refractivity contribution >= 4 is 40.3 Å². The topological polar surface area (TPSA) is 113 Å². The van der Waals surface area contributed by atoms with E-state index in [1.54, 1.807) is 39.4 Å². The lowest BCUT2D eigenvalue weighted by Crippen LogP contribution is -2.43. The molecule has 234 valence electrons. The number of aryl methyl sites for hydroxylation is 1. The van der Waals surface area contributed by atoms with Gasteiger partial charge in [0.2, 0.25) is 11.8 Å². The van der Waals surface area contributed by atoms with Crippen LogP contribution in [0.3, 0.4) is 0 Å². The second-order valence-corrected chi connectivity index (χ2v) is 13.4. The van der Waals surface area contributed by atoms with E-state index in [0.717, 1.165) is 57.3 Å². The van der Waals surface area contributed by atoms with Crippen molar-refractivity contribution in [3.05, 3.63) is 82.6 Å². The standard InChI is InChI=1S/C33H32FN9O2S/c1-40-20-37-30(39-40)25-17-36-31(46-25)22-8-12-42(13-9-22)27(44)18-41-14-10-33(19-41)11-15-43(32(33)45)26-7-4-23-16-35-28(29(23)38-26)21-2-5-24(34)6-3-21/h2-8,17,20H,9-16,18-19H2,1H3/t33-/m0/s1. The highest BCUT2D eigenvalue weighted by Gasteiger charge is 2.51. The number of likely N-dealkylation sites (tertiary alicyclic amines) is 1. The van der Waals surface area contributed by atoms with Crippen LogP contribution in [-0.2, 0) is 23.2 Å². The van der Waals surface area contributed by atoms with Gasteiger partial charge in [0.05, 0.1) is 34.8 Å². The molecule has 11 nitrogen and oxygen atoms in total. The van der Waals surface area contributed by atoms with Gasteiger partial charge in [-0.2, -0.15) is 5.10 Å². The molecule has 0 radical (unpaired) electrons. The molecule has 0 bridgehead atoms. The quantitative estimate of drug-likeness (QED) is 0.318. The van der Waals surface area contributed by atoms with E-state index in [4.69, 9.17) is 4.98 Å². The average Bonchev–Trinajstić information content (AvgIpc) is 3.91. The van der Waals surface area contributed by atoms with E-state index in [-0.39, 0.29) is 17.6 Å². The molecule has 0 unspecified atom stereocenters. The number of fused-ring (bicyclic) bond motifs is 1. The second kappa shape index (κ2) is 11.3. The average molecular weight is 638 g/mol. The largest absolute Gasteiger partial charge is 0.338 e. The van der Waals surface area contributed by atoms with Crippen LogP contribution >= 0.6 is 11.3 Å². The lowest BCUT2D eigenvalue weighted by molar-refractivity contribution is -0.132. The third-order valence-electron chi connectivity index (χ3n) is 9.46. The number of amides is 2. The van der Waals surface area contributed by atoms with Crippen molar-refractivity contribution in [2.45, 2.75) is 25.8 Å². The highest BCUT2D eigenvalue weighted by Crippen LogP contribution is 2.42. The zero-order valence-corrected chi connectivity index (χ0v) is 26.2. The zero-order chi connectivity index (χ0) is 31.4.